The van der Waals surface area contributed by atoms with Gasteiger partial charge in [-0.25, -0.2) is 0 Å². The molecule has 2 aliphatic rings. The van der Waals surface area contributed by atoms with Gasteiger partial charge in [0.05, 0.1) is 11.5 Å². The lowest BCUT2D eigenvalue weighted by Crippen LogP contribution is -2.62. The normalized spacial score (nSPS) is 22.5. The fraction of sp³-hybridized carbons (Fsp3) is 0.261. The summed E-state index contributed by atoms with van der Waals surface area (Å²) < 4.78 is 11.0. The molecule has 2 atom stereocenters. The van der Waals surface area contributed by atoms with E-state index in [-0.39, 0.29) is 18.7 Å². The Morgan fingerprint density at radius 2 is 2.00 bits per heavy atom. The van der Waals surface area contributed by atoms with E-state index >= 15 is 0 Å². The number of carbonyl (C=O) groups excluding carboxylic acids is 1. The van der Waals surface area contributed by atoms with Gasteiger partial charge >= 0.3 is 0 Å². The lowest BCUT2D eigenvalue weighted by molar-refractivity contribution is -0.131. The molecule has 8 heteroatoms. The Balaban J connectivity index is 1.60. The molecule has 7 nitrogen and oxygen atoms in total. The van der Waals surface area contributed by atoms with Crippen LogP contribution in [0.5, 0.6) is 11.5 Å². The van der Waals surface area contributed by atoms with Crippen molar-refractivity contribution < 1.29 is 14.3 Å². The molecular formula is C23H22N4O3S. The van der Waals surface area contributed by atoms with Crippen LogP contribution in [0, 0.1) is 12.3 Å². The minimum absolute atomic E-state index is 0.0802. The van der Waals surface area contributed by atoms with Crippen LogP contribution in [0.15, 0.2) is 48.1 Å². The van der Waals surface area contributed by atoms with Gasteiger partial charge in [0.25, 0.3) is 0 Å². The smallest absolute Gasteiger partial charge is 0.239 e. The SMILES string of the molecule is Cc1cncc(-c2csc([C@@]3(C)NC(=N)N(C)C(=O)C3c3ccc4c(c3)OCO4)c2)c1. The number of carbonyl (C=O) groups is 1. The van der Waals surface area contributed by atoms with Crippen molar-refractivity contribution in [3.05, 3.63) is 64.1 Å². The second-order valence-electron chi connectivity index (χ2n) is 8.07. The average Bonchev–Trinajstić information content (AvgIpc) is 3.42. The van der Waals surface area contributed by atoms with Crippen LogP contribution in [0.2, 0.25) is 0 Å². The number of amides is 1. The minimum Gasteiger partial charge on any atom is -0.454 e. The van der Waals surface area contributed by atoms with Gasteiger partial charge in [0.2, 0.25) is 12.7 Å². The summed E-state index contributed by atoms with van der Waals surface area (Å²) in [6, 6.07) is 9.78. The monoisotopic (exact) mass is 434 g/mol. The van der Waals surface area contributed by atoms with Gasteiger partial charge in [-0.2, -0.15) is 0 Å². The number of likely N-dealkylation sites (N-methyl/N-ethyl adjacent to an activating group) is 1. The Morgan fingerprint density at radius 1 is 1.19 bits per heavy atom. The first kappa shape index (κ1) is 19.6. The lowest BCUT2D eigenvalue weighted by Gasteiger charge is -2.45. The van der Waals surface area contributed by atoms with Gasteiger partial charge in [-0.05, 0) is 60.2 Å². The van der Waals surface area contributed by atoms with E-state index in [0.29, 0.717) is 11.5 Å². The number of fused-ring (bicyclic) bond motifs is 1. The third-order valence-electron chi connectivity index (χ3n) is 5.92. The number of hydrogen-bond donors (Lipinski definition) is 2. The zero-order chi connectivity index (χ0) is 21.8. The number of hydrogen-bond acceptors (Lipinski definition) is 6. The van der Waals surface area contributed by atoms with Crippen LogP contribution in [0.4, 0.5) is 0 Å². The highest BCUT2D eigenvalue weighted by Crippen LogP contribution is 2.46. The second kappa shape index (κ2) is 7.09. The Labute approximate surface area is 184 Å². The predicted molar refractivity (Wildman–Crippen MR) is 119 cm³/mol. The molecule has 158 valence electrons. The lowest BCUT2D eigenvalue weighted by atomic mass is 9.76. The highest BCUT2D eigenvalue weighted by molar-refractivity contribution is 7.10. The van der Waals surface area contributed by atoms with Crippen LogP contribution in [0.3, 0.4) is 0 Å². The molecule has 1 unspecified atom stereocenters. The van der Waals surface area contributed by atoms with Crippen LogP contribution in [0.1, 0.15) is 28.8 Å². The Morgan fingerprint density at radius 3 is 2.81 bits per heavy atom. The minimum atomic E-state index is -0.797. The molecule has 0 spiro atoms. The molecule has 2 aliphatic heterocycles. The summed E-state index contributed by atoms with van der Waals surface area (Å²) in [5, 5.41) is 13.7. The standard InChI is InChI=1S/C23H22N4O3S/c1-13-6-15(10-25-9-13)16-8-19(31-11-16)23(2)20(21(28)27(3)22(24)26-23)14-4-5-17-18(7-14)30-12-29-17/h4-11,20H,12H2,1-3H3,(H2,24,26)/t20?,23-/m1/s1. The number of thiophene rings is 1. The number of nitrogens with one attached hydrogen (secondary N) is 2. The van der Waals surface area contributed by atoms with Crippen molar-refractivity contribution in [1.82, 2.24) is 15.2 Å². The number of aromatic nitrogens is 1. The Kier molecular flexibility index (Phi) is 4.48. The van der Waals surface area contributed by atoms with E-state index in [4.69, 9.17) is 14.9 Å². The van der Waals surface area contributed by atoms with E-state index in [2.05, 4.69) is 27.8 Å². The van der Waals surface area contributed by atoms with Crippen LogP contribution in [-0.2, 0) is 10.3 Å². The van der Waals surface area contributed by atoms with Gasteiger partial charge in [-0.15, -0.1) is 11.3 Å². The largest absolute Gasteiger partial charge is 0.454 e. The van der Waals surface area contributed by atoms with Crippen molar-refractivity contribution in [3.63, 3.8) is 0 Å². The van der Waals surface area contributed by atoms with Crippen molar-refractivity contribution in [2.75, 3.05) is 13.8 Å². The molecule has 4 heterocycles. The maximum Gasteiger partial charge on any atom is 0.239 e. The van der Waals surface area contributed by atoms with E-state index < -0.39 is 11.5 Å². The van der Waals surface area contributed by atoms with E-state index in [0.717, 1.165) is 27.1 Å². The molecule has 0 radical (unpaired) electrons. The summed E-state index contributed by atoms with van der Waals surface area (Å²) in [5.74, 6) is 0.707. The number of guanidine groups is 1. The van der Waals surface area contributed by atoms with Crippen LogP contribution < -0.4 is 14.8 Å². The third kappa shape index (κ3) is 3.14. The number of ether oxygens (including phenoxy) is 2. The maximum absolute atomic E-state index is 13.4. The summed E-state index contributed by atoms with van der Waals surface area (Å²) >= 11 is 1.57. The molecule has 0 bridgehead atoms. The molecule has 5 rings (SSSR count). The van der Waals surface area contributed by atoms with Crippen molar-refractivity contribution in [2.45, 2.75) is 25.3 Å². The fourth-order valence-corrected chi connectivity index (χ4v) is 5.26. The van der Waals surface area contributed by atoms with Crippen molar-refractivity contribution >= 4 is 23.2 Å². The number of nitrogens with zero attached hydrogens (tertiary/aromatic N) is 2. The quantitative estimate of drug-likeness (QED) is 0.654. The van der Waals surface area contributed by atoms with Crippen LogP contribution in [-0.4, -0.2) is 35.6 Å². The molecule has 1 saturated heterocycles. The summed E-state index contributed by atoms with van der Waals surface area (Å²) in [4.78, 5) is 20.0. The van der Waals surface area contributed by atoms with Crippen molar-refractivity contribution in [2.24, 2.45) is 0 Å². The predicted octanol–water partition coefficient (Wildman–Crippen LogP) is 3.84. The molecule has 3 aromatic rings. The van der Waals surface area contributed by atoms with Crippen LogP contribution in [0.25, 0.3) is 11.1 Å². The van der Waals surface area contributed by atoms with Crippen molar-refractivity contribution in [1.29, 1.82) is 5.41 Å². The van der Waals surface area contributed by atoms with Gasteiger partial charge in [0, 0.05) is 29.9 Å². The Bertz CT molecular complexity index is 1210. The molecule has 1 aromatic carbocycles. The molecule has 2 N–H and O–H groups in total. The molecule has 0 aliphatic carbocycles. The van der Waals surface area contributed by atoms with Crippen molar-refractivity contribution in [3.8, 4) is 22.6 Å². The summed E-state index contributed by atoms with van der Waals surface area (Å²) in [7, 11) is 1.62. The maximum atomic E-state index is 13.4. The number of aryl methyl sites for hydroxylation is 1. The topological polar surface area (TPSA) is 87.5 Å². The third-order valence-corrected chi connectivity index (χ3v) is 7.09. The summed E-state index contributed by atoms with van der Waals surface area (Å²) in [5.41, 5.74) is 3.18. The van der Waals surface area contributed by atoms with Gasteiger partial charge in [-0.1, -0.05) is 6.07 Å². The van der Waals surface area contributed by atoms with E-state index in [1.807, 2.05) is 44.4 Å². The highest BCUT2D eigenvalue weighted by atomic mass is 32.1. The molecule has 0 saturated carbocycles. The molecule has 31 heavy (non-hydrogen) atoms. The molecular weight excluding hydrogens is 412 g/mol. The first-order valence-electron chi connectivity index (χ1n) is 9.92. The zero-order valence-electron chi connectivity index (χ0n) is 17.4. The summed E-state index contributed by atoms with van der Waals surface area (Å²) in [6.07, 6.45) is 3.66. The second-order valence-corrected chi connectivity index (χ2v) is 8.98. The zero-order valence-corrected chi connectivity index (χ0v) is 18.2. The van der Waals surface area contributed by atoms with Gasteiger partial charge in [0.1, 0.15) is 0 Å². The molecule has 2 aromatic heterocycles. The fourth-order valence-electron chi connectivity index (χ4n) is 4.20. The number of rotatable bonds is 3. The van der Waals surface area contributed by atoms with Gasteiger partial charge in [0.15, 0.2) is 17.5 Å². The van der Waals surface area contributed by atoms with E-state index in [1.54, 1.807) is 18.4 Å². The number of benzene rings is 1. The molecule has 1 fully saturated rings. The van der Waals surface area contributed by atoms with Gasteiger partial charge < -0.3 is 14.8 Å². The molecule has 1 amide bonds. The number of pyridine rings is 1. The summed E-state index contributed by atoms with van der Waals surface area (Å²) in [6.45, 7) is 4.17. The average molecular weight is 435 g/mol. The van der Waals surface area contributed by atoms with E-state index in [1.165, 1.54) is 4.90 Å². The van der Waals surface area contributed by atoms with Gasteiger partial charge in [-0.3, -0.25) is 20.1 Å². The first-order valence-corrected chi connectivity index (χ1v) is 10.8. The Hall–Kier alpha value is -3.39. The highest BCUT2D eigenvalue weighted by Gasteiger charge is 2.49. The first-order chi connectivity index (χ1) is 14.9. The van der Waals surface area contributed by atoms with E-state index in [9.17, 15) is 4.79 Å². The van der Waals surface area contributed by atoms with Crippen LogP contribution >= 0.6 is 11.3 Å².